The van der Waals surface area contributed by atoms with Gasteiger partial charge in [0.25, 0.3) is 0 Å². The lowest BCUT2D eigenvalue weighted by molar-refractivity contribution is -0.137. The molecule has 2 aromatic rings. The summed E-state index contributed by atoms with van der Waals surface area (Å²) in [7, 11) is 1.88. The number of aromatic nitrogens is 2. The van der Waals surface area contributed by atoms with E-state index in [1.165, 1.54) is 12.1 Å². The molecule has 2 heterocycles. The number of amides is 1. The number of hydrogen-bond acceptors (Lipinski definition) is 5. The number of ether oxygens (including phenoxy) is 1. The molecule has 1 aromatic carbocycles. The van der Waals surface area contributed by atoms with Gasteiger partial charge >= 0.3 is 6.18 Å². The third kappa shape index (κ3) is 5.38. The zero-order valence-electron chi connectivity index (χ0n) is 18.3. The van der Waals surface area contributed by atoms with Crippen LogP contribution in [0.4, 0.5) is 19.0 Å². The Bertz CT molecular complexity index is 992. The number of alkyl halides is 3. The average Bonchev–Trinajstić information content (AvgIpc) is 3.54. The van der Waals surface area contributed by atoms with Crippen molar-refractivity contribution >= 4 is 11.7 Å². The number of benzene rings is 1. The first kappa shape index (κ1) is 22.5. The smallest absolute Gasteiger partial charge is 0.416 e. The van der Waals surface area contributed by atoms with Crippen molar-refractivity contribution in [3.05, 3.63) is 46.9 Å². The van der Waals surface area contributed by atoms with Crippen LogP contribution in [0.25, 0.3) is 0 Å². The van der Waals surface area contributed by atoms with Crippen molar-refractivity contribution in [3.63, 3.8) is 0 Å². The standard InChI is InChI=1S/C23H27F3N4O2/c1-15-19-8-9-21(31)30(13-16-6-7-16)22(19)28-20(27-15)14-29(2)10-11-32-18-5-3-4-17(12-18)23(24,25)26/h3-5,12,16H,6-11,13-14H2,1-2H3. The molecule has 9 heteroatoms. The first-order chi connectivity index (χ1) is 15.2. The van der Waals surface area contributed by atoms with Gasteiger partial charge < -0.3 is 4.74 Å². The summed E-state index contributed by atoms with van der Waals surface area (Å²) in [5.74, 6) is 2.24. The Balaban J connectivity index is 1.37. The molecule has 1 fully saturated rings. The summed E-state index contributed by atoms with van der Waals surface area (Å²) in [6, 6.07) is 4.87. The molecular formula is C23H27F3N4O2. The van der Waals surface area contributed by atoms with Crippen LogP contribution >= 0.6 is 0 Å². The number of carbonyl (C=O) groups is 1. The van der Waals surface area contributed by atoms with E-state index in [2.05, 4.69) is 4.98 Å². The maximum Gasteiger partial charge on any atom is 0.416 e. The zero-order chi connectivity index (χ0) is 22.9. The highest BCUT2D eigenvalue weighted by molar-refractivity contribution is 5.95. The van der Waals surface area contributed by atoms with Gasteiger partial charge in [0.05, 0.1) is 12.1 Å². The predicted molar refractivity (Wildman–Crippen MR) is 113 cm³/mol. The molecule has 6 nitrogen and oxygen atoms in total. The van der Waals surface area contributed by atoms with Gasteiger partial charge in [-0.3, -0.25) is 14.6 Å². The van der Waals surface area contributed by atoms with Crippen molar-refractivity contribution < 1.29 is 22.7 Å². The van der Waals surface area contributed by atoms with Crippen LogP contribution in [0.2, 0.25) is 0 Å². The Labute approximate surface area is 185 Å². The quantitative estimate of drug-likeness (QED) is 0.611. The maximum absolute atomic E-state index is 12.8. The van der Waals surface area contributed by atoms with Crippen LogP contribution in [0.3, 0.4) is 0 Å². The van der Waals surface area contributed by atoms with E-state index in [1.54, 1.807) is 0 Å². The van der Waals surface area contributed by atoms with Gasteiger partial charge in [-0.05, 0) is 57.4 Å². The normalized spacial score (nSPS) is 16.4. The lowest BCUT2D eigenvalue weighted by Crippen LogP contribution is -2.38. The van der Waals surface area contributed by atoms with Gasteiger partial charge in [-0.1, -0.05) is 6.07 Å². The molecule has 1 saturated carbocycles. The number of nitrogens with zero attached hydrogens (tertiary/aromatic N) is 4. The minimum Gasteiger partial charge on any atom is -0.492 e. The van der Waals surface area contributed by atoms with E-state index in [0.717, 1.165) is 48.6 Å². The van der Waals surface area contributed by atoms with Crippen LogP contribution in [0.5, 0.6) is 5.75 Å². The van der Waals surface area contributed by atoms with Crippen molar-refractivity contribution in [1.82, 2.24) is 14.9 Å². The summed E-state index contributed by atoms with van der Waals surface area (Å²) in [6.45, 7) is 3.84. The largest absolute Gasteiger partial charge is 0.492 e. The molecule has 0 radical (unpaired) electrons. The molecule has 4 rings (SSSR count). The van der Waals surface area contributed by atoms with Gasteiger partial charge in [0.2, 0.25) is 5.91 Å². The molecule has 0 saturated heterocycles. The number of fused-ring (bicyclic) bond motifs is 1. The summed E-state index contributed by atoms with van der Waals surface area (Å²) < 4.78 is 44.0. The zero-order valence-corrected chi connectivity index (χ0v) is 18.3. The summed E-state index contributed by atoms with van der Waals surface area (Å²) in [5.41, 5.74) is 1.21. The Morgan fingerprint density at radius 3 is 2.72 bits per heavy atom. The highest BCUT2D eigenvalue weighted by Crippen LogP contribution is 2.35. The fraction of sp³-hybridized carbons (Fsp3) is 0.522. The molecule has 32 heavy (non-hydrogen) atoms. The SMILES string of the molecule is Cc1nc(CN(C)CCOc2cccc(C(F)(F)F)c2)nc2c1CCC(=O)N2CC1CC1. The fourth-order valence-electron chi connectivity index (χ4n) is 3.86. The van der Waals surface area contributed by atoms with Crippen molar-refractivity contribution in [2.24, 2.45) is 5.92 Å². The first-order valence-corrected chi connectivity index (χ1v) is 10.9. The molecule has 1 amide bonds. The van der Waals surface area contributed by atoms with Gasteiger partial charge in [-0.2, -0.15) is 13.2 Å². The van der Waals surface area contributed by atoms with Gasteiger partial charge in [0.15, 0.2) is 0 Å². The second-order valence-electron chi connectivity index (χ2n) is 8.59. The Morgan fingerprint density at radius 2 is 2.00 bits per heavy atom. The van der Waals surface area contributed by atoms with Gasteiger partial charge in [-0.15, -0.1) is 0 Å². The molecule has 0 spiro atoms. The van der Waals surface area contributed by atoms with Crippen LogP contribution in [0, 0.1) is 12.8 Å². The van der Waals surface area contributed by atoms with Gasteiger partial charge in [-0.25, -0.2) is 9.97 Å². The molecule has 1 aliphatic heterocycles. The van der Waals surface area contributed by atoms with E-state index in [0.29, 0.717) is 37.7 Å². The first-order valence-electron chi connectivity index (χ1n) is 10.9. The molecule has 2 aliphatic rings. The van der Waals surface area contributed by atoms with Crippen molar-refractivity contribution in [2.45, 2.75) is 45.3 Å². The molecule has 0 bridgehead atoms. The second-order valence-corrected chi connectivity index (χ2v) is 8.59. The minimum atomic E-state index is -4.40. The van der Waals surface area contributed by atoms with E-state index in [9.17, 15) is 18.0 Å². The van der Waals surface area contributed by atoms with Crippen molar-refractivity contribution in [3.8, 4) is 5.75 Å². The van der Waals surface area contributed by atoms with E-state index in [-0.39, 0.29) is 18.3 Å². The predicted octanol–water partition coefficient (Wildman–Crippen LogP) is 4.00. The Morgan fingerprint density at radius 1 is 1.22 bits per heavy atom. The highest BCUT2D eigenvalue weighted by atomic mass is 19.4. The number of aryl methyl sites for hydroxylation is 1. The van der Waals surface area contributed by atoms with E-state index >= 15 is 0 Å². The van der Waals surface area contributed by atoms with E-state index in [1.807, 2.05) is 23.8 Å². The van der Waals surface area contributed by atoms with E-state index in [4.69, 9.17) is 9.72 Å². The van der Waals surface area contributed by atoms with Gasteiger partial charge in [0.1, 0.15) is 24.0 Å². The van der Waals surface area contributed by atoms with Crippen LogP contribution in [0.15, 0.2) is 24.3 Å². The molecule has 0 atom stereocenters. The molecule has 0 unspecified atom stereocenters. The number of halogens is 3. The lowest BCUT2D eigenvalue weighted by Gasteiger charge is -2.29. The van der Waals surface area contributed by atoms with Crippen LogP contribution in [-0.2, 0) is 23.9 Å². The van der Waals surface area contributed by atoms with Crippen LogP contribution in [0.1, 0.15) is 41.9 Å². The molecule has 1 aromatic heterocycles. The van der Waals surface area contributed by atoms with Crippen LogP contribution < -0.4 is 9.64 Å². The number of rotatable bonds is 8. The monoisotopic (exact) mass is 448 g/mol. The Hall–Kier alpha value is -2.68. The third-order valence-corrected chi connectivity index (χ3v) is 5.84. The number of hydrogen-bond donors (Lipinski definition) is 0. The number of carbonyl (C=O) groups excluding carboxylic acids is 1. The summed E-state index contributed by atoms with van der Waals surface area (Å²) in [5, 5.41) is 0. The molecule has 0 N–H and O–H groups in total. The van der Waals surface area contributed by atoms with Gasteiger partial charge in [0, 0.05) is 30.8 Å². The highest BCUT2D eigenvalue weighted by Gasteiger charge is 2.33. The van der Waals surface area contributed by atoms with Crippen LogP contribution in [-0.4, -0.2) is 47.5 Å². The topological polar surface area (TPSA) is 58.6 Å². The van der Waals surface area contributed by atoms with Crippen molar-refractivity contribution in [1.29, 1.82) is 0 Å². The lowest BCUT2D eigenvalue weighted by atomic mass is 10.0. The van der Waals surface area contributed by atoms with Crippen molar-refractivity contribution in [2.75, 3.05) is 31.6 Å². The fourth-order valence-corrected chi connectivity index (χ4v) is 3.86. The second kappa shape index (κ2) is 9.05. The molecule has 172 valence electrons. The third-order valence-electron chi connectivity index (χ3n) is 5.84. The average molecular weight is 448 g/mol. The minimum absolute atomic E-state index is 0.122. The summed E-state index contributed by atoms with van der Waals surface area (Å²) in [6.07, 6.45) is -0.917. The summed E-state index contributed by atoms with van der Waals surface area (Å²) >= 11 is 0. The number of likely N-dealkylation sites (N-methyl/N-ethyl adjacent to an activating group) is 1. The molecule has 1 aliphatic carbocycles. The molecular weight excluding hydrogens is 421 g/mol. The maximum atomic E-state index is 12.8. The Kier molecular flexibility index (Phi) is 6.37. The summed E-state index contributed by atoms with van der Waals surface area (Å²) in [4.78, 5) is 25.6. The number of anilines is 1. The van der Waals surface area contributed by atoms with E-state index < -0.39 is 11.7 Å².